The first-order valence-corrected chi connectivity index (χ1v) is 17.2. The molecule has 0 radical (unpaired) electrons. The second-order valence-electron chi connectivity index (χ2n) is 7.56. The van der Waals surface area contributed by atoms with E-state index in [1.165, 1.54) is 48.5 Å². The zero-order valence-corrected chi connectivity index (χ0v) is 20.6. The molecule has 0 fully saturated rings. The van der Waals surface area contributed by atoms with E-state index < -0.39 is 28.2 Å². The van der Waals surface area contributed by atoms with Crippen molar-refractivity contribution in [3.8, 4) is 0 Å². The van der Waals surface area contributed by atoms with Crippen molar-refractivity contribution < 1.29 is 19.4 Å². The van der Waals surface area contributed by atoms with Crippen LogP contribution in [0.15, 0.2) is 48.5 Å². The molecular formula is C22H26N2O6Sn. The molecule has 0 aliphatic heterocycles. The average Bonchev–Trinajstić information content (AvgIpc) is 2.78. The van der Waals surface area contributed by atoms with Crippen LogP contribution < -0.4 is 0 Å². The van der Waals surface area contributed by atoms with Crippen LogP contribution in [0.3, 0.4) is 0 Å². The molecule has 0 unspecified atom stereocenters. The van der Waals surface area contributed by atoms with E-state index in [0.717, 1.165) is 25.7 Å². The molecule has 0 aromatic heterocycles. The third kappa shape index (κ3) is 5.75. The summed E-state index contributed by atoms with van der Waals surface area (Å²) in [5, 5.41) is 21.9. The molecule has 0 heterocycles. The van der Waals surface area contributed by atoms with Crippen molar-refractivity contribution in [2.45, 2.75) is 48.4 Å². The van der Waals surface area contributed by atoms with Gasteiger partial charge in [-0.25, -0.2) is 0 Å². The van der Waals surface area contributed by atoms with Gasteiger partial charge in [0.2, 0.25) is 0 Å². The van der Waals surface area contributed by atoms with Gasteiger partial charge in [0, 0.05) is 0 Å². The molecule has 8 nitrogen and oxygen atoms in total. The van der Waals surface area contributed by atoms with Crippen LogP contribution in [0.25, 0.3) is 0 Å². The van der Waals surface area contributed by atoms with Gasteiger partial charge in [0.25, 0.3) is 0 Å². The Morgan fingerprint density at radius 1 is 0.710 bits per heavy atom. The van der Waals surface area contributed by atoms with E-state index in [2.05, 4.69) is 0 Å². The number of unbranched alkanes of at least 4 members (excludes halogenated alkanes) is 2. The van der Waals surface area contributed by atoms with Crippen LogP contribution in [-0.4, -0.2) is 35.8 Å². The monoisotopic (exact) mass is 534 g/mol. The van der Waals surface area contributed by atoms with Crippen molar-refractivity contribution in [3.05, 3.63) is 79.9 Å². The van der Waals surface area contributed by atoms with Crippen LogP contribution in [0.5, 0.6) is 0 Å². The Balaban J connectivity index is 2.54. The second-order valence-corrected chi connectivity index (χ2v) is 19.2. The molecule has 0 spiro atoms. The molecule has 0 atom stereocenters. The van der Waals surface area contributed by atoms with Gasteiger partial charge < -0.3 is 0 Å². The Kier molecular flexibility index (Phi) is 8.85. The molecule has 31 heavy (non-hydrogen) atoms. The quantitative estimate of drug-likeness (QED) is 0.196. The number of non-ortho nitro benzene ring substituents is 2. The molecule has 2 aromatic rings. The first-order valence-electron chi connectivity index (χ1n) is 10.3. The summed E-state index contributed by atoms with van der Waals surface area (Å²) in [5.74, 6) is 0. The number of rotatable bonds is 12. The molecule has 0 aliphatic carbocycles. The van der Waals surface area contributed by atoms with Gasteiger partial charge in [0.1, 0.15) is 0 Å². The number of benzene rings is 2. The number of nitro groups is 2. The third-order valence-electron chi connectivity index (χ3n) is 5.46. The molecule has 0 saturated carbocycles. The Bertz CT molecular complexity index is 877. The molecule has 9 heteroatoms. The van der Waals surface area contributed by atoms with Gasteiger partial charge in [0.05, 0.1) is 0 Å². The van der Waals surface area contributed by atoms with Crippen molar-refractivity contribution >= 4 is 37.4 Å². The number of nitrogens with zero attached hydrogens (tertiary/aromatic N) is 2. The summed E-state index contributed by atoms with van der Waals surface area (Å²) in [5.41, 5.74) is 0.454. The fourth-order valence-corrected chi connectivity index (χ4v) is 17.1. The summed E-state index contributed by atoms with van der Waals surface area (Å²) < 4.78 is 0.789. The zero-order valence-electron chi connectivity index (χ0n) is 17.7. The molecule has 0 N–H and O–H groups in total. The summed E-state index contributed by atoms with van der Waals surface area (Å²) in [6, 6.07) is 10.9. The van der Waals surface area contributed by atoms with Crippen molar-refractivity contribution in [2.24, 2.45) is 0 Å². The van der Waals surface area contributed by atoms with E-state index in [-0.39, 0.29) is 19.0 Å². The molecule has 2 aromatic carbocycles. The van der Waals surface area contributed by atoms with E-state index in [1.807, 2.05) is 13.8 Å². The van der Waals surface area contributed by atoms with Gasteiger partial charge in [-0.3, -0.25) is 0 Å². The summed E-state index contributed by atoms with van der Waals surface area (Å²) >= 11 is -4.21. The summed E-state index contributed by atoms with van der Waals surface area (Å²) in [6.45, 7) is 4.01. The van der Waals surface area contributed by atoms with Crippen LogP contribution in [0.2, 0.25) is 8.87 Å². The van der Waals surface area contributed by atoms with Crippen LogP contribution in [0, 0.1) is 20.2 Å². The number of nitro benzene ring substituents is 2. The molecule has 0 saturated heterocycles. The Hall–Kier alpha value is -2.62. The maximum atomic E-state index is 13.7. The molecule has 0 bridgehead atoms. The standard InChI is InChI=1S/2C7H4NO3.2C4H9.Sn/c2*9-5-6-1-3-7(4-2-6)8(10)11;2*1-3-4-2;/h2*1-4H;2*1,3-4H2,2H3;. The number of carbonyl (C=O) groups is 2. The number of hydrogen-bond donors (Lipinski definition) is 0. The Labute approximate surface area is 184 Å². The van der Waals surface area contributed by atoms with Crippen molar-refractivity contribution in [2.75, 3.05) is 0 Å². The van der Waals surface area contributed by atoms with Crippen LogP contribution in [0.4, 0.5) is 11.4 Å². The van der Waals surface area contributed by atoms with Crippen molar-refractivity contribution in [1.82, 2.24) is 0 Å². The predicted molar refractivity (Wildman–Crippen MR) is 120 cm³/mol. The maximum absolute atomic E-state index is 13.7. The van der Waals surface area contributed by atoms with Gasteiger partial charge >= 0.3 is 185 Å². The SMILES string of the molecule is CCC[CH2][Sn]([CH2]CCC)([C](=O)c1ccc([N+](=O)[O-])cc1)[C](=O)c1ccc([N+](=O)[O-])cc1. The van der Waals surface area contributed by atoms with Gasteiger partial charge in [-0.2, -0.15) is 0 Å². The van der Waals surface area contributed by atoms with Crippen LogP contribution in [-0.2, 0) is 0 Å². The van der Waals surface area contributed by atoms with E-state index >= 15 is 0 Å². The topological polar surface area (TPSA) is 120 Å². The third-order valence-corrected chi connectivity index (χ3v) is 19.0. The summed E-state index contributed by atoms with van der Waals surface area (Å²) in [4.78, 5) is 48.4. The van der Waals surface area contributed by atoms with E-state index in [9.17, 15) is 29.8 Å². The normalized spacial score (nSPS) is 11.2. The van der Waals surface area contributed by atoms with Crippen molar-refractivity contribution in [1.29, 1.82) is 0 Å². The van der Waals surface area contributed by atoms with Crippen LogP contribution in [0.1, 0.15) is 60.2 Å². The van der Waals surface area contributed by atoms with Gasteiger partial charge in [-0.15, -0.1) is 0 Å². The molecular weight excluding hydrogens is 507 g/mol. The molecule has 164 valence electrons. The van der Waals surface area contributed by atoms with E-state index in [4.69, 9.17) is 0 Å². The van der Waals surface area contributed by atoms with E-state index in [1.54, 1.807) is 0 Å². The summed E-state index contributed by atoms with van der Waals surface area (Å²) in [7, 11) is 0. The fraction of sp³-hybridized carbons (Fsp3) is 0.364. The van der Waals surface area contributed by atoms with E-state index in [0.29, 0.717) is 20.0 Å². The molecule has 2 rings (SSSR count). The molecule has 0 aliphatic rings. The predicted octanol–water partition coefficient (Wildman–Crippen LogP) is 5.70. The minimum atomic E-state index is -4.21. The number of carbonyl (C=O) groups excluding carboxylic acids is 2. The van der Waals surface area contributed by atoms with Crippen LogP contribution >= 0.6 is 0 Å². The van der Waals surface area contributed by atoms with Gasteiger partial charge in [0.15, 0.2) is 0 Å². The summed E-state index contributed by atoms with van der Waals surface area (Å²) in [6.07, 6.45) is 3.17. The zero-order chi connectivity index (χ0) is 23.0. The van der Waals surface area contributed by atoms with Gasteiger partial charge in [-0.1, -0.05) is 0 Å². The Morgan fingerprint density at radius 3 is 1.29 bits per heavy atom. The van der Waals surface area contributed by atoms with Gasteiger partial charge in [-0.05, 0) is 0 Å². The number of hydrogen-bond acceptors (Lipinski definition) is 6. The minimum absolute atomic E-state index is 0.110. The average molecular weight is 533 g/mol. The Morgan fingerprint density at radius 2 is 1.03 bits per heavy atom. The van der Waals surface area contributed by atoms with Crippen molar-refractivity contribution in [3.63, 3.8) is 0 Å². The molecule has 0 amide bonds. The first kappa shape index (κ1) is 24.6. The first-order chi connectivity index (χ1) is 14.8. The fourth-order valence-electron chi connectivity index (χ4n) is 3.66. The second kappa shape index (κ2) is 11.1.